The molecule has 6 heteroatoms. The Labute approximate surface area is 99.2 Å². The van der Waals surface area contributed by atoms with Gasteiger partial charge in [0.15, 0.2) is 0 Å². The molecule has 0 fully saturated rings. The summed E-state index contributed by atoms with van der Waals surface area (Å²) in [5, 5.41) is 0. The number of hydrogen-bond donors (Lipinski definition) is 2. The molecule has 0 bridgehead atoms. The normalized spacial score (nSPS) is 4.00. The van der Waals surface area contributed by atoms with Gasteiger partial charge in [0, 0.05) is 26.2 Å². The van der Waals surface area contributed by atoms with Gasteiger partial charge in [0.2, 0.25) is 0 Å². The van der Waals surface area contributed by atoms with Crippen LogP contribution in [0.3, 0.4) is 0 Å². The Morgan fingerprint density at radius 1 is 1.50 bits per heavy atom. The molecule has 0 atom stereocenters. The number of rotatable bonds is 0. The van der Waals surface area contributed by atoms with Crippen LogP contribution >= 0.6 is 0 Å². The van der Waals surface area contributed by atoms with E-state index in [4.69, 9.17) is 14.1 Å². The molecular weight excluding hydrogens is 305 g/mol. The van der Waals surface area contributed by atoms with Crippen molar-refractivity contribution in [1.82, 2.24) is 0 Å². The van der Waals surface area contributed by atoms with Crippen molar-refractivity contribution in [2.45, 2.75) is 0 Å². The van der Waals surface area contributed by atoms with Crippen LogP contribution in [-0.4, -0.2) is 67.6 Å². The summed E-state index contributed by atoms with van der Waals surface area (Å²) in [4.78, 5) is 14.3. The summed E-state index contributed by atoms with van der Waals surface area (Å²) in [5.74, 6) is 0. The minimum atomic E-state index is -3.13. The maximum Gasteiger partial charge on any atom is 2.00 e. The SMILES string of the molecule is O=[Si](O)O.[Ba+2].[H-].[H-].[Zr]. The van der Waals surface area contributed by atoms with E-state index in [2.05, 4.69) is 0 Å². The maximum absolute atomic E-state index is 8.74. The first-order valence-electron chi connectivity index (χ1n) is 0.651. The van der Waals surface area contributed by atoms with Crippen molar-refractivity contribution in [1.29, 1.82) is 0 Å². The molecule has 0 saturated heterocycles. The predicted molar refractivity (Wildman–Crippen MR) is 18.9 cm³/mol. The average Bonchev–Trinajstić information content (AvgIpc) is 0.811. The van der Waals surface area contributed by atoms with Gasteiger partial charge < -0.3 is 12.4 Å². The fourth-order valence-electron chi connectivity index (χ4n) is 0. The molecule has 0 unspecified atom stereocenters. The van der Waals surface area contributed by atoms with Crippen molar-refractivity contribution in [3.05, 3.63) is 0 Å². The Bertz CT molecular complexity index is 40.3. The Hall–Kier alpha value is 2.07. The topological polar surface area (TPSA) is 57.5 Å². The van der Waals surface area contributed by atoms with Crippen LogP contribution in [0.2, 0.25) is 0 Å². The van der Waals surface area contributed by atoms with Crippen molar-refractivity contribution in [2.24, 2.45) is 0 Å². The van der Waals surface area contributed by atoms with Crippen molar-refractivity contribution < 1.29 is 43.1 Å². The zero-order chi connectivity index (χ0) is 3.58. The van der Waals surface area contributed by atoms with Gasteiger partial charge in [-0.25, -0.2) is 0 Å². The minimum absolute atomic E-state index is 0. The molecule has 0 saturated carbocycles. The second-order valence-electron chi connectivity index (χ2n) is 0.283. The van der Waals surface area contributed by atoms with Crippen LogP contribution in [0.15, 0.2) is 0 Å². The first kappa shape index (κ1) is 15.7. The molecule has 0 aromatic carbocycles. The molecule has 0 aromatic rings. The Morgan fingerprint density at radius 3 is 1.50 bits per heavy atom. The van der Waals surface area contributed by atoms with Crippen molar-refractivity contribution >= 4 is 58.1 Å². The Kier molecular flexibility index (Phi) is 26.5. The molecule has 6 heavy (non-hydrogen) atoms. The zero-order valence-electron chi connectivity index (χ0n) is 5.01. The van der Waals surface area contributed by atoms with Gasteiger partial charge >= 0.3 is 58.1 Å². The molecule has 0 aliphatic heterocycles. The van der Waals surface area contributed by atoms with Gasteiger partial charge in [-0.2, -0.15) is 0 Å². The van der Waals surface area contributed by atoms with E-state index in [1.807, 2.05) is 0 Å². The maximum atomic E-state index is 8.74. The van der Waals surface area contributed by atoms with Crippen molar-refractivity contribution in [3.8, 4) is 0 Å². The van der Waals surface area contributed by atoms with Crippen LogP contribution in [0.25, 0.3) is 0 Å². The molecule has 3 nitrogen and oxygen atoms in total. The largest absolute Gasteiger partial charge is 2.00 e. The first-order valence-corrected chi connectivity index (χ1v) is 1.95. The monoisotopic (exact) mass is 308 g/mol. The average molecular weight is 309 g/mol. The molecule has 0 heterocycles. The third-order valence-electron chi connectivity index (χ3n) is 0. The van der Waals surface area contributed by atoms with Gasteiger partial charge in [0.25, 0.3) is 0 Å². The smallest absolute Gasteiger partial charge is 1.00 e. The molecule has 0 spiro atoms. The summed E-state index contributed by atoms with van der Waals surface area (Å²) in [6.45, 7) is 0. The second-order valence-corrected chi connectivity index (χ2v) is 0.848. The quantitative estimate of drug-likeness (QED) is 0.521. The first-order chi connectivity index (χ1) is 1.73. The van der Waals surface area contributed by atoms with Gasteiger partial charge in [-0.15, -0.1) is 0 Å². The van der Waals surface area contributed by atoms with Crippen LogP contribution in [-0.2, 0) is 30.7 Å². The summed E-state index contributed by atoms with van der Waals surface area (Å²) in [7, 11) is -3.13. The van der Waals surface area contributed by atoms with Crippen LogP contribution in [0.4, 0.5) is 0 Å². The van der Waals surface area contributed by atoms with Crippen LogP contribution in [0.1, 0.15) is 2.85 Å². The molecule has 2 N–H and O–H groups in total. The van der Waals surface area contributed by atoms with Gasteiger partial charge in [0.05, 0.1) is 0 Å². The molecule has 0 aliphatic carbocycles. The van der Waals surface area contributed by atoms with E-state index < -0.39 is 9.17 Å². The van der Waals surface area contributed by atoms with Crippen LogP contribution in [0, 0.1) is 0 Å². The third kappa shape index (κ3) is 36.4. The third-order valence-corrected chi connectivity index (χ3v) is 0. The summed E-state index contributed by atoms with van der Waals surface area (Å²) >= 11 is 0. The molecule has 0 aliphatic rings. The van der Waals surface area contributed by atoms with Gasteiger partial charge in [-0.05, 0) is 0 Å². The molecule has 0 rings (SSSR count). The summed E-state index contributed by atoms with van der Waals surface area (Å²) in [5.41, 5.74) is 0. The van der Waals surface area contributed by atoms with Gasteiger partial charge in [-0.3, -0.25) is 4.46 Å². The molecular formula is H4BaO3SiZr. The summed E-state index contributed by atoms with van der Waals surface area (Å²) < 4.78 is 8.74. The Balaban J connectivity index is -0.00000000750. The van der Waals surface area contributed by atoms with Crippen molar-refractivity contribution in [3.63, 3.8) is 0 Å². The summed E-state index contributed by atoms with van der Waals surface area (Å²) in [6.07, 6.45) is 0. The molecule has 0 amide bonds. The van der Waals surface area contributed by atoms with Gasteiger partial charge in [0.1, 0.15) is 0 Å². The van der Waals surface area contributed by atoms with E-state index in [9.17, 15) is 0 Å². The van der Waals surface area contributed by atoms with Gasteiger partial charge in [-0.1, -0.05) is 0 Å². The predicted octanol–water partition coefficient (Wildman–Crippen LogP) is -1.77. The number of hydrogen-bond acceptors (Lipinski definition) is 1. The standard InChI is InChI=1S/Ba.H2O3Si.Zr.2H/c;1-4(2)3;;;/h;1-2H;;;/q+2;;;2*-1. The van der Waals surface area contributed by atoms with E-state index in [-0.39, 0.29) is 77.9 Å². The van der Waals surface area contributed by atoms with E-state index >= 15 is 0 Å². The van der Waals surface area contributed by atoms with E-state index in [0.717, 1.165) is 0 Å². The fourth-order valence-corrected chi connectivity index (χ4v) is 0. The van der Waals surface area contributed by atoms with E-state index in [1.54, 1.807) is 0 Å². The molecule has 0 aromatic heterocycles. The summed E-state index contributed by atoms with van der Waals surface area (Å²) in [6, 6.07) is 0. The molecule has 0 radical (unpaired) electrons. The molecule has 32 valence electrons. The fraction of sp³-hybridized carbons (Fsp3) is 0. The van der Waals surface area contributed by atoms with E-state index in [1.165, 1.54) is 0 Å². The van der Waals surface area contributed by atoms with E-state index in [0.29, 0.717) is 0 Å². The van der Waals surface area contributed by atoms with Crippen LogP contribution in [0.5, 0.6) is 0 Å². The second kappa shape index (κ2) is 10.1. The Morgan fingerprint density at radius 2 is 1.50 bits per heavy atom. The van der Waals surface area contributed by atoms with Crippen molar-refractivity contribution in [2.75, 3.05) is 0 Å². The zero-order valence-corrected chi connectivity index (χ0v) is 10.9. The van der Waals surface area contributed by atoms with Crippen LogP contribution < -0.4 is 0 Å². The minimum Gasteiger partial charge on any atom is -1.00 e.